The molecule has 2 aliphatic rings. The molecule has 7 heteroatoms. The van der Waals surface area contributed by atoms with Crippen molar-refractivity contribution in [3.05, 3.63) is 77.5 Å². The highest BCUT2D eigenvalue weighted by Crippen LogP contribution is 2.44. The molecule has 1 aliphatic carbocycles. The number of rotatable bonds is 4. The number of carbonyl (C=O) groups excluding carboxylic acids is 1. The molecule has 1 unspecified atom stereocenters. The minimum absolute atomic E-state index is 0.0283. The summed E-state index contributed by atoms with van der Waals surface area (Å²) >= 11 is 0. The number of amides is 1. The molecule has 31 heavy (non-hydrogen) atoms. The number of carbonyl (C=O) groups is 2. The highest BCUT2D eigenvalue weighted by Gasteiger charge is 2.36. The molecule has 0 bridgehead atoms. The van der Waals surface area contributed by atoms with Crippen molar-refractivity contribution < 1.29 is 23.8 Å². The lowest BCUT2D eigenvalue weighted by Crippen LogP contribution is -2.39. The van der Waals surface area contributed by atoms with Gasteiger partial charge in [0.15, 0.2) is 17.8 Å². The van der Waals surface area contributed by atoms with Crippen molar-refractivity contribution in [2.75, 3.05) is 13.2 Å². The molecular formula is C24H22N2O5. The van der Waals surface area contributed by atoms with Gasteiger partial charge in [-0.2, -0.15) is 0 Å². The number of oxazole rings is 1. The van der Waals surface area contributed by atoms with Crippen LogP contribution in [-0.4, -0.2) is 40.2 Å². The van der Waals surface area contributed by atoms with Gasteiger partial charge < -0.3 is 14.3 Å². The van der Waals surface area contributed by atoms with Crippen molar-refractivity contribution in [2.24, 2.45) is 0 Å². The molecule has 1 N–H and O–H groups in total. The summed E-state index contributed by atoms with van der Waals surface area (Å²) in [5.74, 6) is -0.984. The summed E-state index contributed by atoms with van der Waals surface area (Å²) in [6, 6.07) is 15.9. The van der Waals surface area contributed by atoms with Gasteiger partial charge in [-0.1, -0.05) is 48.5 Å². The lowest BCUT2D eigenvalue weighted by Gasteiger charge is -2.34. The van der Waals surface area contributed by atoms with Crippen molar-refractivity contribution >= 4 is 12.1 Å². The van der Waals surface area contributed by atoms with Crippen molar-refractivity contribution in [1.82, 2.24) is 9.88 Å². The van der Waals surface area contributed by atoms with Gasteiger partial charge in [0.25, 0.3) is 0 Å². The molecule has 1 aromatic heterocycles. The summed E-state index contributed by atoms with van der Waals surface area (Å²) in [6.45, 7) is 0.708. The summed E-state index contributed by atoms with van der Waals surface area (Å²) < 4.78 is 11.2. The molecule has 158 valence electrons. The number of benzene rings is 2. The second kappa shape index (κ2) is 7.91. The van der Waals surface area contributed by atoms with E-state index in [1.54, 1.807) is 4.90 Å². The molecule has 5 rings (SSSR count). The van der Waals surface area contributed by atoms with Gasteiger partial charge in [0.05, 0.1) is 6.04 Å². The van der Waals surface area contributed by atoms with E-state index in [4.69, 9.17) is 9.15 Å². The third-order valence-corrected chi connectivity index (χ3v) is 6.17. The van der Waals surface area contributed by atoms with E-state index in [-0.39, 0.29) is 24.0 Å². The maximum atomic E-state index is 13.1. The Hall–Kier alpha value is -3.61. The third-order valence-electron chi connectivity index (χ3n) is 6.17. The van der Waals surface area contributed by atoms with Crippen LogP contribution in [0.15, 0.2) is 59.3 Å². The minimum Gasteiger partial charge on any atom is -0.476 e. The predicted molar refractivity (Wildman–Crippen MR) is 112 cm³/mol. The van der Waals surface area contributed by atoms with Gasteiger partial charge in [0, 0.05) is 12.5 Å². The second-order valence-electron chi connectivity index (χ2n) is 7.88. The number of hydrogen-bond donors (Lipinski definition) is 1. The fraction of sp³-hybridized carbons (Fsp3) is 0.292. The van der Waals surface area contributed by atoms with Crippen LogP contribution in [0.25, 0.3) is 11.1 Å². The van der Waals surface area contributed by atoms with Crippen LogP contribution in [0.5, 0.6) is 0 Å². The molecule has 2 aromatic carbocycles. The first-order chi connectivity index (χ1) is 15.1. The summed E-state index contributed by atoms with van der Waals surface area (Å²) in [7, 11) is 0. The van der Waals surface area contributed by atoms with Gasteiger partial charge in [-0.3, -0.25) is 4.90 Å². The zero-order valence-electron chi connectivity index (χ0n) is 16.9. The van der Waals surface area contributed by atoms with Gasteiger partial charge in [0.2, 0.25) is 0 Å². The minimum atomic E-state index is -1.16. The lowest BCUT2D eigenvalue weighted by atomic mass is 9.98. The Kier molecular flexibility index (Phi) is 4.94. The molecule has 1 aliphatic heterocycles. The molecule has 0 radical (unpaired) electrons. The van der Waals surface area contributed by atoms with E-state index < -0.39 is 18.1 Å². The average Bonchev–Trinajstić information content (AvgIpc) is 3.41. The number of carboxylic acids is 1. The number of piperidine rings is 1. The van der Waals surface area contributed by atoms with Gasteiger partial charge >= 0.3 is 12.1 Å². The fourth-order valence-electron chi connectivity index (χ4n) is 4.75. The van der Waals surface area contributed by atoms with E-state index in [0.717, 1.165) is 30.4 Å². The normalized spacial score (nSPS) is 17.8. The van der Waals surface area contributed by atoms with E-state index in [1.807, 2.05) is 24.3 Å². The monoisotopic (exact) mass is 418 g/mol. The molecule has 1 saturated heterocycles. The van der Waals surface area contributed by atoms with Crippen LogP contribution < -0.4 is 0 Å². The Balaban J connectivity index is 1.36. The maximum Gasteiger partial charge on any atom is 0.410 e. The van der Waals surface area contributed by atoms with E-state index in [2.05, 4.69) is 29.2 Å². The van der Waals surface area contributed by atoms with Crippen LogP contribution in [0.3, 0.4) is 0 Å². The number of hydrogen-bond acceptors (Lipinski definition) is 5. The molecule has 0 spiro atoms. The zero-order valence-corrected chi connectivity index (χ0v) is 16.9. The number of likely N-dealkylation sites (tertiary alicyclic amines) is 1. The van der Waals surface area contributed by atoms with Gasteiger partial charge in [0.1, 0.15) is 6.61 Å². The largest absolute Gasteiger partial charge is 0.476 e. The predicted octanol–water partition coefficient (Wildman–Crippen LogP) is 4.85. The molecule has 1 fully saturated rings. The van der Waals surface area contributed by atoms with Crippen molar-refractivity contribution in [1.29, 1.82) is 0 Å². The second-order valence-corrected chi connectivity index (χ2v) is 7.88. The standard InChI is InChI=1S/C24H22N2O5/c27-23(28)21-22(31-14-25-21)20-11-5-6-12-26(20)24(29)30-13-19-17-9-3-1-7-15(17)16-8-2-4-10-18(16)19/h1-4,7-10,14,19-20H,5-6,11-13H2,(H,27,28). The maximum absolute atomic E-state index is 13.1. The Bertz CT molecular complexity index is 1090. The summed E-state index contributed by atoms with van der Waals surface area (Å²) in [5.41, 5.74) is 4.49. The van der Waals surface area contributed by atoms with E-state index >= 15 is 0 Å². The van der Waals surface area contributed by atoms with Crippen molar-refractivity contribution in [3.8, 4) is 11.1 Å². The average molecular weight is 418 g/mol. The van der Waals surface area contributed by atoms with Crippen molar-refractivity contribution in [2.45, 2.75) is 31.2 Å². The smallest absolute Gasteiger partial charge is 0.410 e. The lowest BCUT2D eigenvalue weighted by molar-refractivity contribution is 0.0609. The van der Waals surface area contributed by atoms with Crippen LogP contribution in [-0.2, 0) is 4.74 Å². The first kappa shape index (κ1) is 19.4. The van der Waals surface area contributed by atoms with E-state index in [0.29, 0.717) is 13.0 Å². The van der Waals surface area contributed by atoms with E-state index in [1.165, 1.54) is 11.1 Å². The van der Waals surface area contributed by atoms with E-state index in [9.17, 15) is 14.7 Å². The molecule has 1 atom stereocenters. The summed E-state index contributed by atoms with van der Waals surface area (Å²) in [4.78, 5) is 29.9. The topological polar surface area (TPSA) is 92.9 Å². The Morgan fingerprint density at radius 2 is 1.74 bits per heavy atom. The quantitative estimate of drug-likeness (QED) is 0.651. The Morgan fingerprint density at radius 3 is 2.42 bits per heavy atom. The van der Waals surface area contributed by atoms with Crippen LogP contribution in [0.1, 0.15) is 58.6 Å². The SMILES string of the molecule is O=C(O)c1ncoc1C1CCCCN1C(=O)OCC1c2ccccc2-c2ccccc21. The van der Waals surface area contributed by atoms with Gasteiger partial charge in [-0.15, -0.1) is 0 Å². The van der Waals surface area contributed by atoms with Gasteiger partial charge in [-0.25, -0.2) is 14.6 Å². The first-order valence-electron chi connectivity index (χ1n) is 10.4. The van der Waals surface area contributed by atoms with Crippen LogP contribution in [0.4, 0.5) is 4.79 Å². The van der Waals surface area contributed by atoms with Crippen LogP contribution in [0.2, 0.25) is 0 Å². The number of carboxylic acid groups (broad SMARTS) is 1. The van der Waals surface area contributed by atoms with Crippen LogP contribution >= 0.6 is 0 Å². The summed E-state index contributed by atoms with van der Waals surface area (Å²) in [6.07, 6.45) is 2.97. The zero-order chi connectivity index (χ0) is 21.4. The number of ether oxygens (including phenoxy) is 1. The number of fused-ring (bicyclic) bond motifs is 3. The van der Waals surface area contributed by atoms with Crippen molar-refractivity contribution in [3.63, 3.8) is 0 Å². The molecule has 1 amide bonds. The highest BCUT2D eigenvalue weighted by atomic mass is 16.6. The number of aromatic carboxylic acids is 1. The fourth-order valence-corrected chi connectivity index (χ4v) is 4.75. The highest BCUT2D eigenvalue weighted by molar-refractivity contribution is 5.86. The molecular weight excluding hydrogens is 396 g/mol. The van der Waals surface area contributed by atoms with Gasteiger partial charge in [-0.05, 0) is 41.5 Å². The molecule has 0 saturated carbocycles. The third kappa shape index (κ3) is 3.36. The Labute approximate surface area is 179 Å². The van der Waals surface area contributed by atoms with Crippen LogP contribution in [0, 0.1) is 0 Å². The Morgan fingerprint density at radius 1 is 1.06 bits per heavy atom. The molecule has 3 aromatic rings. The molecule has 2 heterocycles. The summed E-state index contributed by atoms with van der Waals surface area (Å²) in [5, 5.41) is 9.39. The molecule has 7 nitrogen and oxygen atoms in total. The number of aromatic nitrogens is 1. The number of nitrogens with zero attached hydrogens (tertiary/aromatic N) is 2. The first-order valence-corrected chi connectivity index (χ1v) is 10.4.